The third-order valence-electron chi connectivity index (χ3n) is 5.31. The van der Waals surface area contributed by atoms with Crippen LogP contribution in [-0.2, 0) is 4.79 Å². The number of thioether (sulfide) groups is 1. The molecule has 1 aliphatic rings. The van der Waals surface area contributed by atoms with Crippen molar-refractivity contribution in [1.82, 2.24) is 9.88 Å². The first kappa shape index (κ1) is 21.9. The van der Waals surface area contributed by atoms with Gasteiger partial charge in [0.05, 0.1) is 17.3 Å². The Kier molecular flexibility index (Phi) is 7.32. The summed E-state index contributed by atoms with van der Waals surface area (Å²) >= 11 is 3.46. The topological polar surface area (TPSA) is 57.7 Å². The van der Waals surface area contributed by atoms with Crippen molar-refractivity contribution in [3.8, 4) is 5.75 Å². The molecule has 164 valence electrons. The molecule has 1 saturated heterocycles. The molecule has 1 fully saturated rings. The molecule has 4 rings (SSSR count). The van der Waals surface area contributed by atoms with Crippen LogP contribution in [0, 0.1) is 0 Å². The molecule has 0 radical (unpaired) electrons. The number of ether oxygens (including phenoxy) is 1. The number of fused-ring (bicyclic) bond motifs is 1. The minimum absolute atomic E-state index is 0.0542. The molecule has 0 unspecified atom stereocenters. The average molecular weight is 457 g/mol. The maximum atomic E-state index is 12.4. The van der Waals surface area contributed by atoms with Gasteiger partial charge in [-0.3, -0.25) is 4.79 Å². The monoisotopic (exact) mass is 456 g/mol. The Morgan fingerprint density at radius 2 is 1.94 bits per heavy atom. The van der Waals surface area contributed by atoms with Crippen molar-refractivity contribution >= 4 is 50.0 Å². The fourth-order valence-corrected chi connectivity index (χ4v) is 5.35. The van der Waals surface area contributed by atoms with E-state index in [2.05, 4.69) is 22.2 Å². The summed E-state index contributed by atoms with van der Waals surface area (Å²) < 4.78 is 6.29. The number of hydrogen-bond acceptors (Lipinski definition) is 7. The summed E-state index contributed by atoms with van der Waals surface area (Å²) in [5.41, 5.74) is 1.83. The number of amides is 1. The van der Waals surface area contributed by atoms with Gasteiger partial charge in [0.15, 0.2) is 5.13 Å². The van der Waals surface area contributed by atoms with E-state index in [0.717, 1.165) is 65.1 Å². The fraction of sp³-hybridized carbons (Fsp3) is 0.391. The van der Waals surface area contributed by atoms with Crippen molar-refractivity contribution in [3.63, 3.8) is 0 Å². The number of thiazole rings is 1. The van der Waals surface area contributed by atoms with Crippen molar-refractivity contribution in [1.29, 1.82) is 0 Å². The number of rotatable bonds is 8. The number of piperazine rings is 1. The van der Waals surface area contributed by atoms with E-state index >= 15 is 0 Å². The highest BCUT2D eigenvalue weighted by atomic mass is 32.2. The number of nitrogens with one attached hydrogen (secondary N) is 1. The number of likely N-dealkylation sites (N-methyl/N-ethyl adjacent to an activating group) is 1. The van der Waals surface area contributed by atoms with Gasteiger partial charge in [0.1, 0.15) is 5.75 Å². The highest BCUT2D eigenvalue weighted by Gasteiger charge is 2.17. The second kappa shape index (κ2) is 10.3. The lowest BCUT2D eigenvalue weighted by Gasteiger charge is -2.31. The van der Waals surface area contributed by atoms with Gasteiger partial charge in [-0.2, -0.15) is 0 Å². The number of carbonyl (C=O) groups is 1. The van der Waals surface area contributed by atoms with E-state index in [-0.39, 0.29) is 5.91 Å². The van der Waals surface area contributed by atoms with Crippen molar-refractivity contribution in [2.45, 2.75) is 17.7 Å². The summed E-state index contributed by atoms with van der Waals surface area (Å²) in [6, 6.07) is 14.0. The van der Waals surface area contributed by atoms with Gasteiger partial charge in [0.2, 0.25) is 5.91 Å². The van der Waals surface area contributed by atoms with E-state index in [0.29, 0.717) is 6.42 Å². The first-order valence-electron chi connectivity index (χ1n) is 10.5. The molecule has 0 spiro atoms. The molecule has 1 aliphatic heterocycles. The molecule has 31 heavy (non-hydrogen) atoms. The van der Waals surface area contributed by atoms with Crippen LogP contribution in [0.15, 0.2) is 47.4 Å². The highest BCUT2D eigenvalue weighted by molar-refractivity contribution is 7.99. The van der Waals surface area contributed by atoms with Crippen molar-refractivity contribution in [2.75, 3.05) is 56.3 Å². The number of anilines is 2. The summed E-state index contributed by atoms with van der Waals surface area (Å²) in [7, 11) is 3.82. The molecule has 3 aromatic rings. The van der Waals surface area contributed by atoms with E-state index in [1.165, 1.54) is 4.90 Å². The van der Waals surface area contributed by atoms with Gasteiger partial charge in [0.25, 0.3) is 0 Å². The molecule has 8 heteroatoms. The predicted molar refractivity (Wildman–Crippen MR) is 131 cm³/mol. The maximum absolute atomic E-state index is 12.4. The normalized spacial score (nSPS) is 14.7. The zero-order valence-corrected chi connectivity index (χ0v) is 19.6. The van der Waals surface area contributed by atoms with Crippen LogP contribution in [0.2, 0.25) is 0 Å². The van der Waals surface area contributed by atoms with Crippen LogP contribution in [-0.4, -0.2) is 61.9 Å². The van der Waals surface area contributed by atoms with Gasteiger partial charge >= 0.3 is 0 Å². The van der Waals surface area contributed by atoms with Gasteiger partial charge in [-0.05, 0) is 61.7 Å². The number of aromatic nitrogens is 1. The smallest absolute Gasteiger partial charge is 0.224 e. The van der Waals surface area contributed by atoms with Crippen LogP contribution < -0.4 is 15.0 Å². The quantitative estimate of drug-likeness (QED) is 0.396. The molecule has 2 heterocycles. The van der Waals surface area contributed by atoms with Gasteiger partial charge in [0, 0.05) is 43.2 Å². The first-order valence-corrected chi connectivity index (χ1v) is 12.3. The average Bonchev–Trinajstić information content (AvgIpc) is 3.21. The van der Waals surface area contributed by atoms with E-state index in [4.69, 9.17) is 9.72 Å². The van der Waals surface area contributed by atoms with E-state index in [9.17, 15) is 4.79 Å². The molecule has 2 aromatic carbocycles. The largest absolute Gasteiger partial charge is 0.497 e. The van der Waals surface area contributed by atoms with Crippen LogP contribution in [0.1, 0.15) is 12.8 Å². The first-order chi connectivity index (χ1) is 15.1. The van der Waals surface area contributed by atoms with Crippen molar-refractivity contribution in [2.24, 2.45) is 0 Å². The molecule has 0 saturated carbocycles. The Labute approximate surface area is 191 Å². The van der Waals surface area contributed by atoms with Crippen LogP contribution in [0.5, 0.6) is 5.75 Å². The molecule has 1 N–H and O–H groups in total. The number of hydrogen-bond donors (Lipinski definition) is 1. The lowest BCUT2D eigenvalue weighted by Crippen LogP contribution is -2.44. The summed E-state index contributed by atoms with van der Waals surface area (Å²) in [4.78, 5) is 23.0. The Balaban J connectivity index is 1.26. The summed E-state index contributed by atoms with van der Waals surface area (Å²) in [5.74, 6) is 1.82. The Morgan fingerprint density at radius 3 is 2.68 bits per heavy atom. The van der Waals surface area contributed by atoms with Crippen LogP contribution in [0.4, 0.5) is 10.8 Å². The van der Waals surface area contributed by atoms with Crippen LogP contribution in [0.25, 0.3) is 10.2 Å². The molecule has 1 aromatic heterocycles. The van der Waals surface area contributed by atoms with Crippen LogP contribution >= 0.6 is 23.1 Å². The van der Waals surface area contributed by atoms with Crippen LogP contribution in [0.3, 0.4) is 0 Å². The summed E-state index contributed by atoms with van der Waals surface area (Å²) in [6.07, 6.45) is 1.34. The number of nitrogens with zero attached hydrogens (tertiary/aromatic N) is 3. The van der Waals surface area contributed by atoms with Gasteiger partial charge in [-0.1, -0.05) is 11.3 Å². The van der Waals surface area contributed by atoms with Gasteiger partial charge in [-0.15, -0.1) is 11.8 Å². The van der Waals surface area contributed by atoms with Gasteiger partial charge < -0.3 is 19.9 Å². The molecular weight excluding hydrogens is 428 g/mol. The van der Waals surface area contributed by atoms with Gasteiger partial charge in [-0.25, -0.2) is 4.98 Å². The van der Waals surface area contributed by atoms with Crippen molar-refractivity contribution in [3.05, 3.63) is 42.5 Å². The minimum Gasteiger partial charge on any atom is -0.497 e. The van der Waals surface area contributed by atoms with E-state index in [1.54, 1.807) is 30.2 Å². The standard InChI is InChI=1S/C23H28N4O2S2/c1-26-11-13-27(14-12-26)23-25-20-10-5-17(16-21(20)31-23)24-22(28)4-3-15-30-19-8-6-18(29-2)7-9-19/h5-10,16H,3-4,11-15H2,1-2H3,(H,24,28). The zero-order valence-electron chi connectivity index (χ0n) is 18.0. The SMILES string of the molecule is COc1ccc(SCCCC(=O)Nc2ccc3nc(N4CCN(C)CC4)sc3c2)cc1. The second-order valence-corrected chi connectivity index (χ2v) is 9.82. The van der Waals surface area contributed by atoms with Crippen molar-refractivity contribution < 1.29 is 9.53 Å². The van der Waals surface area contributed by atoms with E-state index in [1.807, 2.05) is 42.5 Å². The molecule has 0 atom stereocenters. The minimum atomic E-state index is 0.0542. The molecule has 1 amide bonds. The summed E-state index contributed by atoms with van der Waals surface area (Å²) in [6.45, 7) is 4.14. The molecular formula is C23H28N4O2S2. The lowest BCUT2D eigenvalue weighted by molar-refractivity contribution is -0.116. The zero-order chi connectivity index (χ0) is 21.6. The Hall–Kier alpha value is -2.29. The Bertz CT molecular complexity index is 1010. The fourth-order valence-electron chi connectivity index (χ4n) is 3.44. The Morgan fingerprint density at radius 1 is 1.16 bits per heavy atom. The predicted octanol–water partition coefficient (Wildman–Crippen LogP) is 4.57. The molecule has 6 nitrogen and oxygen atoms in total. The maximum Gasteiger partial charge on any atom is 0.224 e. The third-order valence-corrected chi connectivity index (χ3v) is 7.49. The number of carbonyl (C=O) groups excluding carboxylic acids is 1. The summed E-state index contributed by atoms with van der Waals surface area (Å²) in [5, 5.41) is 4.11. The number of methoxy groups -OCH3 is 1. The molecule has 0 aliphatic carbocycles. The van der Waals surface area contributed by atoms with E-state index < -0.39 is 0 Å². The highest BCUT2D eigenvalue weighted by Crippen LogP contribution is 2.31. The number of benzene rings is 2. The third kappa shape index (κ3) is 5.90. The second-order valence-electron chi connectivity index (χ2n) is 7.64. The lowest BCUT2D eigenvalue weighted by atomic mass is 10.2. The molecule has 0 bridgehead atoms.